The Bertz CT molecular complexity index is 584. The lowest BCUT2D eigenvalue weighted by atomic mass is 10.0. The van der Waals surface area contributed by atoms with E-state index in [1.165, 1.54) is 42.7 Å². The lowest BCUT2D eigenvalue weighted by Gasteiger charge is -2.32. The Morgan fingerprint density at radius 3 is 3.00 bits per heavy atom. The van der Waals surface area contributed by atoms with Gasteiger partial charge in [-0.15, -0.1) is 0 Å². The van der Waals surface area contributed by atoms with Crippen LogP contribution >= 0.6 is 0 Å². The minimum Gasteiger partial charge on any atom is -0.383 e. The third-order valence-corrected chi connectivity index (χ3v) is 4.08. The molecular weight excluding hydrogens is 269 g/mol. The van der Waals surface area contributed by atoms with Crippen molar-refractivity contribution < 1.29 is 4.39 Å². The van der Waals surface area contributed by atoms with Gasteiger partial charge >= 0.3 is 0 Å². The fourth-order valence-electron chi connectivity index (χ4n) is 2.77. The van der Waals surface area contributed by atoms with Gasteiger partial charge in [0.2, 0.25) is 0 Å². The lowest BCUT2D eigenvalue weighted by molar-refractivity contribution is 0.194. The van der Waals surface area contributed by atoms with E-state index in [1.807, 2.05) is 6.07 Å². The first-order chi connectivity index (χ1) is 10.2. The van der Waals surface area contributed by atoms with Gasteiger partial charge in [-0.05, 0) is 44.6 Å². The summed E-state index contributed by atoms with van der Waals surface area (Å²) in [6.07, 6.45) is 6.63. The summed E-state index contributed by atoms with van der Waals surface area (Å²) in [7, 11) is 2.15. The lowest BCUT2D eigenvalue weighted by Crippen LogP contribution is -2.40. The first-order valence-corrected chi connectivity index (χ1v) is 7.33. The highest BCUT2D eigenvalue weighted by Gasteiger charge is 2.18. The number of nitrogens with zero attached hydrogens (tertiary/aromatic N) is 4. The normalized spacial score (nSPS) is 19.6. The predicted octanol–water partition coefficient (Wildman–Crippen LogP) is 2.30. The van der Waals surface area contributed by atoms with Gasteiger partial charge in [0.15, 0.2) is 5.82 Å². The summed E-state index contributed by atoms with van der Waals surface area (Å²) in [5.74, 6) is -0.303. The second-order valence-electron chi connectivity index (χ2n) is 5.52. The molecule has 1 aromatic carbocycles. The Balaban J connectivity index is 1.65. The second kappa shape index (κ2) is 6.22. The van der Waals surface area contributed by atoms with E-state index in [4.69, 9.17) is 0 Å². The van der Waals surface area contributed by atoms with Crippen molar-refractivity contribution >= 4 is 5.69 Å². The van der Waals surface area contributed by atoms with Crippen LogP contribution in [0.5, 0.6) is 0 Å². The van der Waals surface area contributed by atoms with E-state index in [-0.39, 0.29) is 5.82 Å². The maximum Gasteiger partial charge on any atom is 0.150 e. The third kappa shape index (κ3) is 3.21. The molecule has 6 heteroatoms. The number of halogens is 1. The zero-order valence-electron chi connectivity index (χ0n) is 12.2. The van der Waals surface area contributed by atoms with Crippen molar-refractivity contribution in [1.82, 2.24) is 19.7 Å². The van der Waals surface area contributed by atoms with Crippen molar-refractivity contribution in [3.8, 4) is 5.69 Å². The molecule has 1 N–H and O–H groups in total. The number of hydrogen-bond donors (Lipinski definition) is 1. The SMILES string of the molecule is CN1CCCCC1CNc1ccc(-n2cncn2)c(F)c1. The van der Waals surface area contributed by atoms with Gasteiger partial charge in [-0.25, -0.2) is 14.1 Å². The molecule has 1 aliphatic rings. The van der Waals surface area contributed by atoms with E-state index in [9.17, 15) is 4.39 Å². The Morgan fingerprint density at radius 1 is 1.38 bits per heavy atom. The number of piperidine rings is 1. The van der Waals surface area contributed by atoms with Crippen LogP contribution in [0.4, 0.5) is 10.1 Å². The summed E-state index contributed by atoms with van der Waals surface area (Å²) in [4.78, 5) is 6.20. The summed E-state index contributed by atoms with van der Waals surface area (Å²) in [6, 6.07) is 5.64. The molecule has 1 unspecified atom stereocenters. The number of hydrogen-bond acceptors (Lipinski definition) is 4. The van der Waals surface area contributed by atoms with Gasteiger partial charge in [-0.2, -0.15) is 5.10 Å². The van der Waals surface area contributed by atoms with Crippen LogP contribution in [0.3, 0.4) is 0 Å². The van der Waals surface area contributed by atoms with Gasteiger partial charge in [0, 0.05) is 18.3 Å². The molecule has 2 heterocycles. The summed E-state index contributed by atoms with van der Waals surface area (Å²) in [5.41, 5.74) is 1.21. The van der Waals surface area contributed by atoms with E-state index in [1.54, 1.807) is 6.07 Å². The van der Waals surface area contributed by atoms with Gasteiger partial charge < -0.3 is 10.2 Å². The van der Waals surface area contributed by atoms with Crippen molar-refractivity contribution in [2.45, 2.75) is 25.3 Å². The highest BCUT2D eigenvalue weighted by Crippen LogP contribution is 2.19. The number of rotatable bonds is 4. The van der Waals surface area contributed by atoms with E-state index >= 15 is 0 Å². The molecule has 2 aromatic rings. The summed E-state index contributed by atoms with van der Waals surface area (Å²) in [6.45, 7) is 1.99. The molecule has 1 saturated heterocycles. The number of likely N-dealkylation sites (tertiary alicyclic amines) is 1. The largest absolute Gasteiger partial charge is 0.383 e. The molecule has 0 saturated carbocycles. The van der Waals surface area contributed by atoms with Crippen LogP contribution < -0.4 is 5.32 Å². The van der Waals surface area contributed by atoms with E-state index in [0.717, 1.165) is 18.8 Å². The Labute approximate surface area is 123 Å². The van der Waals surface area contributed by atoms with Crippen molar-refractivity contribution in [2.24, 2.45) is 0 Å². The molecule has 0 amide bonds. The third-order valence-electron chi connectivity index (χ3n) is 4.08. The number of likely N-dealkylation sites (N-methyl/N-ethyl adjacent to an activating group) is 1. The average Bonchev–Trinajstić information content (AvgIpc) is 3.00. The van der Waals surface area contributed by atoms with E-state index < -0.39 is 0 Å². The molecule has 1 fully saturated rings. The van der Waals surface area contributed by atoms with Gasteiger partial charge in [-0.3, -0.25) is 0 Å². The van der Waals surface area contributed by atoms with Crippen molar-refractivity contribution in [2.75, 3.05) is 25.5 Å². The molecule has 3 rings (SSSR count). The van der Waals surface area contributed by atoms with Gasteiger partial charge in [0.25, 0.3) is 0 Å². The smallest absolute Gasteiger partial charge is 0.150 e. The molecule has 21 heavy (non-hydrogen) atoms. The van der Waals surface area contributed by atoms with Crippen LogP contribution in [-0.4, -0.2) is 45.8 Å². The van der Waals surface area contributed by atoms with E-state index in [2.05, 4.69) is 27.3 Å². The standard InChI is InChI=1S/C15H20FN5/c1-20-7-3-2-4-13(20)9-18-12-5-6-15(14(16)8-12)21-11-17-10-19-21/h5-6,8,10-11,13,18H,2-4,7,9H2,1H3. The maximum atomic E-state index is 14.1. The van der Waals surface area contributed by atoms with Crippen molar-refractivity contribution in [3.05, 3.63) is 36.7 Å². The van der Waals surface area contributed by atoms with Gasteiger partial charge in [-0.1, -0.05) is 6.42 Å². The van der Waals surface area contributed by atoms with Crippen LogP contribution in [0.15, 0.2) is 30.9 Å². The molecule has 1 aliphatic heterocycles. The first kappa shape index (κ1) is 14.0. The number of aromatic nitrogens is 3. The number of nitrogens with one attached hydrogen (secondary N) is 1. The van der Waals surface area contributed by atoms with Gasteiger partial charge in [0.05, 0.1) is 0 Å². The first-order valence-electron chi connectivity index (χ1n) is 7.33. The summed E-state index contributed by atoms with van der Waals surface area (Å²) < 4.78 is 15.5. The number of benzene rings is 1. The second-order valence-corrected chi connectivity index (χ2v) is 5.52. The summed E-state index contributed by atoms with van der Waals surface area (Å²) in [5, 5.41) is 7.28. The topological polar surface area (TPSA) is 46.0 Å². The van der Waals surface area contributed by atoms with Crippen LogP contribution in [0.25, 0.3) is 5.69 Å². The van der Waals surface area contributed by atoms with Crippen LogP contribution in [-0.2, 0) is 0 Å². The predicted molar refractivity (Wildman–Crippen MR) is 80.1 cm³/mol. The number of anilines is 1. The molecule has 1 atom stereocenters. The Morgan fingerprint density at radius 2 is 2.29 bits per heavy atom. The fraction of sp³-hybridized carbons (Fsp3) is 0.467. The van der Waals surface area contributed by atoms with Crippen molar-refractivity contribution in [1.29, 1.82) is 0 Å². The quantitative estimate of drug-likeness (QED) is 0.938. The minimum atomic E-state index is -0.303. The van der Waals surface area contributed by atoms with Crippen LogP contribution in [0, 0.1) is 5.82 Å². The molecule has 5 nitrogen and oxygen atoms in total. The highest BCUT2D eigenvalue weighted by atomic mass is 19.1. The maximum absolute atomic E-state index is 14.1. The Kier molecular flexibility index (Phi) is 4.15. The van der Waals surface area contributed by atoms with Gasteiger partial charge in [0.1, 0.15) is 18.3 Å². The molecule has 0 aliphatic carbocycles. The molecule has 112 valence electrons. The molecule has 1 aromatic heterocycles. The zero-order valence-corrected chi connectivity index (χ0v) is 12.2. The van der Waals surface area contributed by atoms with Crippen LogP contribution in [0.2, 0.25) is 0 Å². The van der Waals surface area contributed by atoms with Crippen molar-refractivity contribution in [3.63, 3.8) is 0 Å². The minimum absolute atomic E-state index is 0.303. The highest BCUT2D eigenvalue weighted by molar-refractivity contribution is 5.49. The molecule has 0 spiro atoms. The monoisotopic (exact) mass is 289 g/mol. The zero-order chi connectivity index (χ0) is 14.7. The average molecular weight is 289 g/mol. The fourth-order valence-corrected chi connectivity index (χ4v) is 2.77. The summed E-state index contributed by atoms with van der Waals surface area (Å²) >= 11 is 0. The Hall–Kier alpha value is -1.95. The molecule has 0 radical (unpaired) electrons. The van der Waals surface area contributed by atoms with E-state index in [0.29, 0.717) is 11.7 Å². The molecular formula is C15H20FN5. The van der Waals surface area contributed by atoms with Crippen LogP contribution in [0.1, 0.15) is 19.3 Å². The molecule has 0 bridgehead atoms.